The minimum Gasteiger partial charge on any atom is -0.872 e. The van der Waals surface area contributed by atoms with Crippen molar-refractivity contribution in [3.8, 4) is 17.2 Å². The standard InChI is InChI=1S/C40H51N3O4S2/c1-37(2,3)27-18-24(19-28(33(27)46)38(4,5)6)31(44)22-48-35-41-42-36(43(35)26-16-14-13-15-17-26)49-23-32(45)25-20-29(39(7,8)9)34(47)30(21-25)40(10,11)12/h13-21H,22-23H2,1-12H3,(H2,44,45,46,47). The number of thioether (sulfide) groups is 2. The summed E-state index contributed by atoms with van der Waals surface area (Å²) in [5.74, 6) is 0.332. The van der Waals surface area contributed by atoms with Crippen LogP contribution in [0.4, 0.5) is 0 Å². The minimum atomic E-state index is -0.410. The van der Waals surface area contributed by atoms with E-state index >= 15 is 0 Å². The molecule has 4 aromatic rings. The van der Waals surface area contributed by atoms with Gasteiger partial charge < -0.3 is 10.2 Å². The zero-order chi connectivity index (χ0) is 36.7. The Balaban J connectivity index is 1.64. The topological polar surface area (TPSA) is 110 Å². The highest BCUT2D eigenvalue weighted by Gasteiger charge is 2.30. The van der Waals surface area contributed by atoms with Crippen molar-refractivity contribution >= 4 is 35.1 Å². The SMILES string of the molecule is CC(C)(C)c1cc(C(=O)CSc2[nH]nc(SCC(=O)c3cc(C(C)(C)C)c(O)c(C(C)(C)C)c3)[n+]2-c2ccccc2)cc(C(C)(C)C)c1[O-]. The molecule has 0 saturated heterocycles. The lowest BCUT2D eigenvalue weighted by Crippen LogP contribution is -2.34. The summed E-state index contributed by atoms with van der Waals surface area (Å²) in [5, 5.41) is 33.4. The van der Waals surface area contributed by atoms with Crippen molar-refractivity contribution in [1.29, 1.82) is 0 Å². The van der Waals surface area contributed by atoms with Crippen LogP contribution in [0.5, 0.6) is 11.5 Å². The first-order valence-corrected chi connectivity index (χ1v) is 18.6. The number of Topliss-reactive ketones (excluding diaryl/α,β-unsaturated/α-hetero) is 2. The number of benzene rings is 3. The van der Waals surface area contributed by atoms with Crippen molar-refractivity contribution in [2.75, 3.05) is 11.5 Å². The van der Waals surface area contributed by atoms with Crippen LogP contribution in [-0.4, -0.2) is 38.4 Å². The van der Waals surface area contributed by atoms with Crippen molar-refractivity contribution in [2.45, 2.75) is 115 Å². The molecule has 0 unspecified atom stereocenters. The van der Waals surface area contributed by atoms with Gasteiger partial charge in [0, 0.05) is 22.3 Å². The Morgan fingerprint density at radius 2 is 1.10 bits per heavy atom. The fourth-order valence-electron chi connectivity index (χ4n) is 5.55. The summed E-state index contributed by atoms with van der Waals surface area (Å²) in [4.78, 5) is 27.4. The Kier molecular flexibility index (Phi) is 10.9. The van der Waals surface area contributed by atoms with Crippen molar-refractivity contribution in [1.82, 2.24) is 10.2 Å². The van der Waals surface area contributed by atoms with Crippen LogP contribution < -0.4 is 9.67 Å². The first-order chi connectivity index (χ1) is 22.5. The average Bonchev–Trinajstić information content (AvgIpc) is 3.39. The van der Waals surface area contributed by atoms with Gasteiger partial charge in [-0.1, -0.05) is 101 Å². The summed E-state index contributed by atoms with van der Waals surface area (Å²) in [7, 11) is 0. The number of hydrogen-bond acceptors (Lipinski definition) is 7. The van der Waals surface area contributed by atoms with E-state index in [4.69, 9.17) is 0 Å². The Morgan fingerprint density at radius 1 is 0.694 bits per heavy atom. The smallest absolute Gasteiger partial charge is 0.342 e. The molecule has 2 N–H and O–H groups in total. The van der Waals surface area contributed by atoms with Gasteiger partial charge in [0.05, 0.1) is 16.6 Å². The van der Waals surface area contributed by atoms with E-state index in [9.17, 15) is 19.8 Å². The second-order valence-corrected chi connectivity index (χ2v) is 18.6. The van der Waals surface area contributed by atoms with Crippen LogP contribution in [0.15, 0.2) is 64.9 Å². The zero-order valence-electron chi connectivity index (χ0n) is 31.0. The second-order valence-electron chi connectivity index (χ2n) is 16.7. The highest BCUT2D eigenvalue weighted by Crippen LogP contribution is 2.41. The Labute approximate surface area is 300 Å². The number of para-hydroxylation sites is 1. The van der Waals surface area contributed by atoms with Crippen LogP contribution in [-0.2, 0) is 21.7 Å². The van der Waals surface area contributed by atoms with Crippen molar-refractivity contribution in [2.24, 2.45) is 0 Å². The number of rotatable bonds is 9. The largest absolute Gasteiger partial charge is 0.872 e. The van der Waals surface area contributed by atoms with E-state index in [0.717, 1.165) is 16.8 Å². The number of nitrogens with one attached hydrogen (secondary N) is 1. The number of aromatic hydroxyl groups is 1. The van der Waals surface area contributed by atoms with Gasteiger partial charge in [0.2, 0.25) is 0 Å². The van der Waals surface area contributed by atoms with Crippen LogP contribution in [0, 0.1) is 0 Å². The summed E-state index contributed by atoms with van der Waals surface area (Å²) in [5.41, 5.74) is 3.14. The van der Waals surface area contributed by atoms with E-state index in [-0.39, 0.29) is 45.4 Å². The predicted octanol–water partition coefficient (Wildman–Crippen LogP) is 8.61. The first-order valence-electron chi connectivity index (χ1n) is 16.6. The number of hydrogen-bond donors (Lipinski definition) is 2. The van der Waals surface area contributed by atoms with Crippen molar-refractivity contribution in [3.05, 3.63) is 88.0 Å². The van der Waals surface area contributed by atoms with Gasteiger partial charge in [0.15, 0.2) is 11.6 Å². The fraction of sp³-hybridized carbons (Fsp3) is 0.450. The molecule has 0 aliphatic carbocycles. The lowest BCUT2D eigenvalue weighted by atomic mass is 9.78. The summed E-state index contributed by atoms with van der Waals surface area (Å²) in [6.07, 6.45) is 0. The molecule has 7 nitrogen and oxygen atoms in total. The number of H-pyrrole nitrogens is 1. The molecule has 262 valence electrons. The van der Waals surface area contributed by atoms with E-state index in [1.807, 2.05) is 130 Å². The van der Waals surface area contributed by atoms with E-state index in [0.29, 0.717) is 32.6 Å². The number of phenols is 1. The lowest BCUT2D eigenvalue weighted by molar-refractivity contribution is -0.674. The molecule has 1 aromatic heterocycles. The third-order valence-electron chi connectivity index (χ3n) is 8.40. The lowest BCUT2D eigenvalue weighted by Gasteiger charge is -2.33. The highest BCUT2D eigenvalue weighted by atomic mass is 32.2. The summed E-state index contributed by atoms with van der Waals surface area (Å²) < 4.78 is 1.93. The quantitative estimate of drug-likeness (QED) is 0.102. The van der Waals surface area contributed by atoms with Gasteiger partial charge in [-0.25, -0.2) is 0 Å². The van der Waals surface area contributed by atoms with Gasteiger partial charge >= 0.3 is 5.16 Å². The van der Waals surface area contributed by atoms with Gasteiger partial charge in [-0.2, -0.15) is 4.57 Å². The number of aromatic amines is 1. The van der Waals surface area contributed by atoms with Crippen LogP contribution in [0.1, 0.15) is 126 Å². The van der Waals surface area contributed by atoms with Gasteiger partial charge in [-0.3, -0.25) is 9.59 Å². The zero-order valence-corrected chi connectivity index (χ0v) is 32.6. The fourth-order valence-corrected chi connectivity index (χ4v) is 7.34. The molecule has 4 rings (SSSR count). The van der Waals surface area contributed by atoms with Crippen LogP contribution in [0.2, 0.25) is 0 Å². The molecule has 3 aromatic carbocycles. The molecule has 0 atom stereocenters. The molecule has 49 heavy (non-hydrogen) atoms. The molecule has 0 fully saturated rings. The molecule has 1 heterocycles. The third-order valence-corrected chi connectivity index (χ3v) is 10.3. The number of carbonyl (C=O) groups is 2. The van der Waals surface area contributed by atoms with Crippen molar-refractivity contribution < 1.29 is 24.4 Å². The predicted molar refractivity (Wildman–Crippen MR) is 199 cm³/mol. The van der Waals surface area contributed by atoms with E-state index in [2.05, 4.69) is 10.2 Å². The normalized spacial score (nSPS) is 12.7. The molecular weight excluding hydrogens is 651 g/mol. The van der Waals surface area contributed by atoms with Crippen molar-refractivity contribution in [3.63, 3.8) is 0 Å². The monoisotopic (exact) mass is 701 g/mol. The number of carbonyl (C=O) groups excluding carboxylic acids is 2. The molecule has 0 radical (unpaired) electrons. The van der Waals surface area contributed by atoms with Gasteiger partial charge in [0.25, 0.3) is 5.16 Å². The summed E-state index contributed by atoms with van der Waals surface area (Å²) in [6, 6.07) is 16.8. The molecule has 0 aliphatic heterocycles. The Morgan fingerprint density at radius 3 is 1.53 bits per heavy atom. The summed E-state index contributed by atoms with van der Waals surface area (Å²) in [6.45, 7) is 24.1. The third kappa shape index (κ3) is 8.79. The number of nitrogens with zero attached hydrogens (tertiary/aromatic N) is 2. The molecule has 9 heteroatoms. The number of ketones is 2. The minimum absolute atomic E-state index is 0.00697. The molecule has 0 bridgehead atoms. The summed E-state index contributed by atoms with van der Waals surface area (Å²) >= 11 is 2.64. The first kappa shape index (κ1) is 38.2. The van der Waals surface area contributed by atoms with Crippen LogP contribution >= 0.6 is 23.5 Å². The number of phenolic OH excluding ortho intramolecular Hbond substituents is 1. The van der Waals surface area contributed by atoms with Gasteiger partial charge in [-0.15, -0.1) is 10.8 Å². The van der Waals surface area contributed by atoms with Gasteiger partial charge in [-0.05, 0) is 92.7 Å². The number of aromatic nitrogens is 3. The molecular formula is C40H51N3O4S2. The molecule has 0 aliphatic rings. The van der Waals surface area contributed by atoms with Crippen LogP contribution in [0.3, 0.4) is 0 Å². The average molecular weight is 702 g/mol. The molecule has 0 saturated carbocycles. The van der Waals surface area contributed by atoms with E-state index < -0.39 is 10.8 Å². The maximum Gasteiger partial charge on any atom is 0.342 e. The highest BCUT2D eigenvalue weighted by molar-refractivity contribution is 8.00. The van der Waals surface area contributed by atoms with E-state index in [1.165, 1.54) is 23.5 Å². The van der Waals surface area contributed by atoms with E-state index in [1.54, 1.807) is 12.1 Å². The second kappa shape index (κ2) is 14.0. The molecule has 0 amide bonds. The Hall–Kier alpha value is -3.56. The Bertz CT molecular complexity index is 1670. The molecule has 0 spiro atoms. The maximum atomic E-state index is 13.7. The maximum absolute atomic E-state index is 13.7. The van der Waals surface area contributed by atoms with Crippen LogP contribution in [0.25, 0.3) is 5.69 Å². The van der Waals surface area contributed by atoms with Gasteiger partial charge in [0.1, 0.15) is 11.4 Å².